The SMILES string of the molecule is CCOP(=O)(OCC)C1=NO[C@@H](C[C@@H](NC(=O)OC(C)(C)C)C(=O)OC)C1. The molecule has 0 saturated carbocycles. The number of carbonyl (C=O) groups excluding carboxylic acids is 2. The zero-order valence-electron chi connectivity index (χ0n) is 16.6. The van der Waals surface area contributed by atoms with Crippen molar-refractivity contribution in [2.45, 2.75) is 65.2 Å². The first-order chi connectivity index (χ1) is 12.5. The van der Waals surface area contributed by atoms with Crippen LogP contribution in [0.4, 0.5) is 4.79 Å². The summed E-state index contributed by atoms with van der Waals surface area (Å²) in [5.41, 5.74) is -0.566. The van der Waals surface area contributed by atoms with Crippen LogP contribution in [0.3, 0.4) is 0 Å². The van der Waals surface area contributed by atoms with Crippen molar-refractivity contribution < 1.29 is 37.5 Å². The highest BCUT2D eigenvalue weighted by Crippen LogP contribution is 2.52. The molecule has 0 aliphatic carbocycles. The van der Waals surface area contributed by atoms with Gasteiger partial charge in [0.1, 0.15) is 17.7 Å². The molecule has 1 rings (SSSR count). The Balaban J connectivity index is 2.75. The normalized spacial score (nSPS) is 18.3. The van der Waals surface area contributed by atoms with Crippen LogP contribution >= 0.6 is 7.60 Å². The lowest BCUT2D eigenvalue weighted by atomic mass is 10.1. The van der Waals surface area contributed by atoms with Gasteiger partial charge in [-0.1, -0.05) is 5.16 Å². The lowest BCUT2D eigenvalue weighted by Gasteiger charge is -2.23. The van der Waals surface area contributed by atoms with E-state index in [1.807, 2.05) is 0 Å². The van der Waals surface area contributed by atoms with Gasteiger partial charge in [0.25, 0.3) is 0 Å². The molecule has 1 aliphatic heterocycles. The minimum absolute atomic E-state index is 0.0527. The second-order valence-corrected chi connectivity index (χ2v) is 8.76. The summed E-state index contributed by atoms with van der Waals surface area (Å²) in [5.74, 6) is -0.657. The Bertz CT molecular complexity index is 592. The monoisotopic (exact) mass is 408 g/mol. The molecule has 0 unspecified atom stereocenters. The molecule has 0 aromatic heterocycles. The number of ether oxygens (including phenoxy) is 2. The lowest BCUT2D eigenvalue weighted by molar-refractivity contribution is -0.144. The Morgan fingerprint density at radius 1 is 1.30 bits per heavy atom. The molecular formula is C16H29N2O8P. The summed E-state index contributed by atoms with van der Waals surface area (Å²) in [6.07, 6.45) is -1.17. The van der Waals surface area contributed by atoms with Crippen LogP contribution in [0.1, 0.15) is 47.5 Å². The molecule has 1 heterocycles. The van der Waals surface area contributed by atoms with Crippen LogP contribution in [-0.2, 0) is 32.7 Å². The van der Waals surface area contributed by atoms with Crippen molar-refractivity contribution in [2.75, 3.05) is 20.3 Å². The molecule has 11 heteroatoms. The molecule has 1 N–H and O–H groups in total. The van der Waals surface area contributed by atoms with Gasteiger partial charge in [0.2, 0.25) is 0 Å². The molecule has 10 nitrogen and oxygen atoms in total. The fraction of sp³-hybridized carbons (Fsp3) is 0.812. The number of carbonyl (C=O) groups is 2. The van der Waals surface area contributed by atoms with Crippen molar-refractivity contribution in [2.24, 2.45) is 5.16 Å². The second kappa shape index (κ2) is 10.1. The largest absolute Gasteiger partial charge is 0.467 e. The van der Waals surface area contributed by atoms with E-state index in [2.05, 4.69) is 10.5 Å². The van der Waals surface area contributed by atoms with Gasteiger partial charge in [0.15, 0.2) is 5.45 Å². The zero-order chi connectivity index (χ0) is 20.7. The maximum absolute atomic E-state index is 12.7. The minimum Gasteiger partial charge on any atom is -0.467 e. The van der Waals surface area contributed by atoms with Crippen LogP contribution in [-0.4, -0.2) is 55.6 Å². The van der Waals surface area contributed by atoms with Gasteiger partial charge in [-0.3, -0.25) is 4.57 Å². The van der Waals surface area contributed by atoms with E-state index < -0.39 is 37.4 Å². The molecule has 0 aromatic rings. The third-order valence-corrected chi connectivity index (χ3v) is 5.40. The van der Waals surface area contributed by atoms with Crippen LogP contribution < -0.4 is 5.32 Å². The third kappa shape index (κ3) is 7.48. The second-order valence-electron chi connectivity index (χ2n) is 6.73. The van der Waals surface area contributed by atoms with Gasteiger partial charge in [-0.15, -0.1) is 0 Å². The fourth-order valence-electron chi connectivity index (χ4n) is 2.30. The van der Waals surface area contributed by atoms with Crippen molar-refractivity contribution in [1.82, 2.24) is 5.32 Å². The molecule has 2 atom stereocenters. The summed E-state index contributed by atoms with van der Waals surface area (Å²) >= 11 is 0. The molecule has 0 saturated heterocycles. The highest BCUT2D eigenvalue weighted by Gasteiger charge is 2.40. The van der Waals surface area contributed by atoms with E-state index in [-0.39, 0.29) is 31.5 Å². The average Bonchev–Trinajstić information content (AvgIpc) is 3.01. The topological polar surface area (TPSA) is 122 Å². The van der Waals surface area contributed by atoms with Crippen molar-refractivity contribution in [3.63, 3.8) is 0 Å². The highest BCUT2D eigenvalue weighted by atomic mass is 31.2. The zero-order valence-corrected chi connectivity index (χ0v) is 17.5. The van der Waals surface area contributed by atoms with Gasteiger partial charge < -0.3 is 28.7 Å². The van der Waals surface area contributed by atoms with Crippen LogP contribution in [0.25, 0.3) is 0 Å². The third-order valence-electron chi connectivity index (χ3n) is 3.31. The minimum atomic E-state index is -3.54. The van der Waals surface area contributed by atoms with Crippen molar-refractivity contribution in [1.29, 1.82) is 0 Å². The first-order valence-electron chi connectivity index (χ1n) is 8.74. The number of nitrogens with one attached hydrogen (secondary N) is 1. The van der Waals surface area contributed by atoms with E-state index in [1.165, 1.54) is 7.11 Å². The molecular weight excluding hydrogens is 379 g/mol. The van der Waals surface area contributed by atoms with E-state index in [1.54, 1.807) is 34.6 Å². The molecule has 156 valence electrons. The van der Waals surface area contributed by atoms with Crippen molar-refractivity contribution in [3.05, 3.63) is 0 Å². The van der Waals surface area contributed by atoms with Gasteiger partial charge in [-0.2, -0.15) is 0 Å². The molecule has 0 radical (unpaired) electrons. The number of nitrogens with zero attached hydrogens (tertiary/aromatic N) is 1. The number of hydrogen-bond acceptors (Lipinski definition) is 9. The number of oxime groups is 1. The molecule has 0 aromatic carbocycles. The average molecular weight is 408 g/mol. The van der Waals surface area contributed by atoms with Gasteiger partial charge >= 0.3 is 19.7 Å². The predicted octanol–water partition coefficient (Wildman–Crippen LogP) is 2.81. The number of esters is 1. The van der Waals surface area contributed by atoms with Gasteiger partial charge in [0.05, 0.1) is 20.3 Å². The van der Waals surface area contributed by atoms with Crippen LogP contribution in [0, 0.1) is 0 Å². The lowest BCUT2D eigenvalue weighted by Crippen LogP contribution is -2.45. The van der Waals surface area contributed by atoms with Gasteiger partial charge in [-0.25, -0.2) is 9.59 Å². The van der Waals surface area contributed by atoms with Crippen LogP contribution in [0.15, 0.2) is 5.16 Å². The van der Waals surface area contributed by atoms with Gasteiger partial charge in [0, 0.05) is 12.8 Å². The first-order valence-corrected chi connectivity index (χ1v) is 10.3. The van der Waals surface area contributed by atoms with Crippen molar-refractivity contribution >= 4 is 25.1 Å². The Labute approximate surface area is 159 Å². The van der Waals surface area contributed by atoms with E-state index in [4.69, 9.17) is 23.4 Å². The van der Waals surface area contributed by atoms with E-state index in [9.17, 15) is 14.2 Å². The maximum Gasteiger partial charge on any atom is 0.408 e. The summed E-state index contributed by atoms with van der Waals surface area (Å²) in [7, 11) is -2.33. The van der Waals surface area contributed by atoms with Crippen LogP contribution in [0.2, 0.25) is 0 Å². The smallest absolute Gasteiger partial charge is 0.408 e. The quantitative estimate of drug-likeness (QED) is 0.456. The number of amides is 1. The summed E-state index contributed by atoms with van der Waals surface area (Å²) in [6, 6.07) is -1.01. The Morgan fingerprint density at radius 3 is 2.37 bits per heavy atom. The summed E-state index contributed by atoms with van der Waals surface area (Å²) < 4.78 is 33.1. The van der Waals surface area contributed by atoms with E-state index >= 15 is 0 Å². The molecule has 1 aliphatic rings. The number of methoxy groups -OCH3 is 1. The summed E-state index contributed by atoms with van der Waals surface area (Å²) in [5, 5.41) is 6.27. The molecule has 0 bridgehead atoms. The predicted molar refractivity (Wildman–Crippen MR) is 97.6 cm³/mol. The Kier molecular flexibility index (Phi) is 8.71. The number of rotatable bonds is 9. The van der Waals surface area contributed by atoms with Crippen LogP contribution in [0.5, 0.6) is 0 Å². The molecule has 1 amide bonds. The maximum atomic E-state index is 12.7. The first kappa shape index (κ1) is 23.4. The Hall–Kier alpha value is -1.64. The Morgan fingerprint density at radius 2 is 1.89 bits per heavy atom. The number of alkyl carbamates (subject to hydrolysis) is 1. The fourth-order valence-corrected chi connectivity index (χ4v) is 3.92. The molecule has 27 heavy (non-hydrogen) atoms. The standard InChI is InChI=1S/C16H29N2O8P/c1-7-23-27(21,24-8-2)13-10-11(26-18-13)9-12(14(19)22-6)17-15(20)25-16(3,4)5/h11-12H,7-10H2,1-6H3,(H,17,20)/t11-,12+/m0/s1. The van der Waals surface area contributed by atoms with Gasteiger partial charge in [-0.05, 0) is 34.6 Å². The van der Waals surface area contributed by atoms with E-state index in [0.29, 0.717) is 0 Å². The molecule has 0 fully saturated rings. The highest BCUT2D eigenvalue weighted by molar-refractivity contribution is 7.72. The summed E-state index contributed by atoms with van der Waals surface area (Å²) in [6.45, 7) is 8.88. The number of hydrogen-bond donors (Lipinski definition) is 1. The van der Waals surface area contributed by atoms with E-state index in [0.717, 1.165) is 0 Å². The summed E-state index contributed by atoms with van der Waals surface area (Å²) in [4.78, 5) is 29.2. The van der Waals surface area contributed by atoms with Crippen molar-refractivity contribution in [3.8, 4) is 0 Å². The molecule has 0 spiro atoms.